The van der Waals surface area contributed by atoms with Crippen molar-refractivity contribution in [3.63, 3.8) is 0 Å². The first-order valence-corrected chi connectivity index (χ1v) is 8.44. The number of hydrogen-bond donors (Lipinski definition) is 1. The molecule has 2 heterocycles. The van der Waals surface area contributed by atoms with Gasteiger partial charge in [0, 0.05) is 31.8 Å². The number of carbonyl (C=O) groups is 2. The van der Waals surface area contributed by atoms with Crippen molar-refractivity contribution in [2.45, 2.75) is 12.6 Å². The molecule has 9 heteroatoms. The van der Waals surface area contributed by atoms with Gasteiger partial charge >= 0.3 is 12.1 Å². The fourth-order valence-electron chi connectivity index (χ4n) is 3.21. The number of carboxylic acids is 1. The van der Waals surface area contributed by atoms with Crippen LogP contribution in [0.5, 0.6) is 0 Å². The van der Waals surface area contributed by atoms with Crippen LogP contribution in [0.25, 0.3) is 0 Å². The van der Waals surface area contributed by atoms with E-state index in [1.54, 1.807) is 6.07 Å². The second-order valence-corrected chi connectivity index (χ2v) is 6.37. The van der Waals surface area contributed by atoms with Crippen LogP contribution < -0.4 is 4.90 Å². The summed E-state index contributed by atoms with van der Waals surface area (Å²) in [5.41, 5.74) is 0.425. The van der Waals surface area contributed by atoms with E-state index in [1.165, 1.54) is 35.4 Å². The van der Waals surface area contributed by atoms with Crippen LogP contribution in [0.3, 0.4) is 0 Å². The molecule has 0 saturated carbocycles. The van der Waals surface area contributed by atoms with E-state index < -0.39 is 24.0 Å². The summed E-state index contributed by atoms with van der Waals surface area (Å²) in [4.78, 5) is 30.6. The van der Waals surface area contributed by atoms with E-state index in [2.05, 4.69) is 4.98 Å². The molecule has 1 N–H and O–H groups in total. The standard InChI is InChI=1S/C18H18F3N3O3/c19-18(20,21)14-4-2-1-3-13(14)16(25)24-9-7-23(8-10-24)12-5-6-15(17(26)27)22-11-12/h1-3,5-6,11,14H,4,7-10H2,(H,26,27). The van der Waals surface area contributed by atoms with Crippen molar-refractivity contribution >= 4 is 17.6 Å². The minimum absolute atomic E-state index is 0.0666. The van der Waals surface area contributed by atoms with Gasteiger partial charge < -0.3 is 14.9 Å². The summed E-state index contributed by atoms with van der Waals surface area (Å²) in [5.74, 6) is -3.47. The van der Waals surface area contributed by atoms with Crippen LogP contribution in [0.15, 0.2) is 42.1 Å². The van der Waals surface area contributed by atoms with E-state index in [1.807, 2.05) is 4.90 Å². The first-order valence-electron chi connectivity index (χ1n) is 8.44. The lowest BCUT2D eigenvalue weighted by molar-refractivity contribution is -0.167. The average Bonchev–Trinajstić information content (AvgIpc) is 2.67. The van der Waals surface area contributed by atoms with Crippen molar-refractivity contribution in [3.05, 3.63) is 47.8 Å². The number of hydrogen-bond acceptors (Lipinski definition) is 4. The molecule has 1 fully saturated rings. The Balaban J connectivity index is 1.64. The first-order chi connectivity index (χ1) is 12.8. The van der Waals surface area contributed by atoms with Crippen molar-refractivity contribution in [1.29, 1.82) is 0 Å². The zero-order valence-electron chi connectivity index (χ0n) is 14.3. The molecule has 3 rings (SSSR count). The number of allylic oxidation sites excluding steroid dienone is 3. The highest BCUT2D eigenvalue weighted by Gasteiger charge is 2.44. The number of piperazine rings is 1. The molecule has 1 aromatic heterocycles. The lowest BCUT2D eigenvalue weighted by Crippen LogP contribution is -2.50. The Labute approximate surface area is 153 Å². The van der Waals surface area contributed by atoms with Crippen LogP contribution in [0.1, 0.15) is 16.9 Å². The SMILES string of the molecule is O=C(O)c1ccc(N2CCN(C(=O)C3=CC=CCC3C(F)(F)F)CC2)cn1. The van der Waals surface area contributed by atoms with Gasteiger partial charge in [0.2, 0.25) is 0 Å². The number of nitrogens with zero attached hydrogens (tertiary/aromatic N) is 3. The minimum atomic E-state index is -4.45. The highest BCUT2D eigenvalue weighted by Crippen LogP contribution is 2.37. The van der Waals surface area contributed by atoms with E-state index in [9.17, 15) is 22.8 Å². The highest BCUT2D eigenvalue weighted by molar-refractivity contribution is 5.95. The topological polar surface area (TPSA) is 73.7 Å². The molecular formula is C18H18F3N3O3. The molecule has 2 aliphatic rings. The Kier molecular flexibility index (Phi) is 5.20. The second-order valence-electron chi connectivity index (χ2n) is 6.37. The van der Waals surface area contributed by atoms with Gasteiger partial charge in [0.15, 0.2) is 0 Å². The number of anilines is 1. The fourth-order valence-corrected chi connectivity index (χ4v) is 3.21. The van der Waals surface area contributed by atoms with Gasteiger partial charge in [0.1, 0.15) is 5.69 Å². The summed E-state index contributed by atoms with van der Waals surface area (Å²) in [6.45, 7) is 1.43. The van der Waals surface area contributed by atoms with Crippen LogP contribution in [0.4, 0.5) is 18.9 Å². The van der Waals surface area contributed by atoms with Crippen LogP contribution >= 0.6 is 0 Å². The summed E-state index contributed by atoms with van der Waals surface area (Å²) in [6.07, 6.45) is 0.927. The third-order valence-electron chi connectivity index (χ3n) is 4.70. The van der Waals surface area contributed by atoms with Gasteiger partial charge in [-0.1, -0.05) is 18.2 Å². The highest BCUT2D eigenvalue weighted by atomic mass is 19.4. The summed E-state index contributed by atoms with van der Waals surface area (Å²) < 4.78 is 39.6. The van der Waals surface area contributed by atoms with Gasteiger partial charge in [-0.05, 0) is 18.6 Å². The largest absolute Gasteiger partial charge is 0.477 e. The molecule has 27 heavy (non-hydrogen) atoms. The minimum Gasteiger partial charge on any atom is -0.477 e. The van der Waals surface area contributed by atoms with Crippen molar-refractivity contribution in [2.24, 2.45) is 5.92 Å². The molecule has 144 valence electrons. The third-order valence-corrected chi connectivity index (χ3v) is 4.70. The molecule has 1 aliphatic carbocycles. The molecule has 6 nitrogen and oxygen atoms in total. The molecule has 1 amide bonds. The van der Waals surface area contributed by atoms with Gasteiger partial charge in [-0.2, -0.15) is 13.2 Å². The number of carbonyl (C=O) groups excluding carboxylic acids is 1. The number of alkyl halides is 3. The van der Waals surface area contributed by atoms with Crippen LogP contribution in [0.2, 0.25) is 0 Å². The molecule has 1 aliphatic heterocycles. The average molecular weight is 381 g/mol. The Hall–Kier alpha value is -2.84. The monoisotopic (exact) mass is 381 g/mol. The van der Waals surface area contributed by atoms with E-state index in [0.717, 1.165) is 0 Å². The summed E-state index contributed by atoms with van der Waals surface area (Å²) in [7, 11) is 0. The van der Waals surface area contributed by atoms with Crippen molar-refractivity contribution in [3.8, 4) is 0 Å². The quantitative estimate of drug-likeness (QED) is 0.871. The number of pyridine rings is 1. The van der Waals surface area contributed by atoms with E-state index in [0.29, 0.717) is 18.8 Å². The van der Waals surface area contributed by atoms with Crippen LogP contribution in [-0.4, -0.2) is 59.2 Å². The maximum atomic E-state index is 13.2. The predicted molar refractivity (Wildman–Crippen MR) is 91.4 cm³/mol. The zero-order valence-corrected chi connectivity index (χ0v) is 14.3. The first kappa shape index (κ1) is 18.9. The smallest absolute Gasteiger partial charge is 0.396 e. The summed E-state index contributed by atoms with van der Waals surface area (Å²) in [5, 5.41) is 8.87. The fraction of sp³-hybridized carbons (Fsp3) is 0.389. The van der Waals surface area contributed by atoms with Gasteiger partial charge in [0.05, 0.1) is 17.8 Å². The number of aromatic nitrogens is 1. The Bertz CT molecular complexity index is 779. The van der Waals surface area contributed by atoms with Gasteiger partial charge in [-0.25, -0.2) is 9.78 Å². The molecule has 0 bridgehead atoms. The molecule has 0 spiro atoms. The number of aromatic carboxylic acids is 1. The maximum absolute atomic E-state index is 13.2. The Morgan fingerprint density at radius 1 is 1.15 bits per heavy atom. The lowest BCUT2D eigenvalue weighted by Gasteiger charge is -2.37. The van der Waals surface area contributed by atoms with Crippen molar-refractivity contribution in [1.82, 2.24) is 9.88 Å². The van der Waals surface area contributed by atoms with Crippen LogP contribution in [-0.2, 0) is 4.79 Å². The van der Waals surface area contributed by atoms with Crippen molar-refractivity contribution in [2.75, 3.05) is 31.1 Å². The lowest BCUT2D eigenvalue weighted by atomic mass is 9.89. The number of carboxylic acid groups (broad SMARTS) is 1. The Morgan fingerprint density at radius 3 is 2.41 bits per heavy atom. The van der Waals surface area contributed by atoms with Crippen molar-refractivity contribution < 1.29 is 27.9 Å². The Morgan fingerprint density at radius 2 is 1.85 bits per heavy atom. The molecule has 1 aromatic rings. The second kappa shape index (κ2) is 7.42. The molecule has 0 radical (unpaired) electrons. The third kappa shape index (κ3) is 4.12. The normalized spacial score (nSPS) is 20.4. The molecule has 1 unspecified atom stereocenters. The number of amides is 1. The van der Waals surface area contributed by atoms with Crippen LogP contribution in [0, 0.1) is 5.92 Å². The number of rotatable bonds is 3. The van der Waals surface area contributed by atoms with E-state index in [-0.39, 0.29) is 30.8 Å². The van der Waals surface area contributed by atoms with E-state index in [4.69, 9.17) is 5.11 Å². The number of halogens is 3. The molecule has 1 saturated heterocycles. The van der Waals surface area contributed by atoms with Gasteiger partial charge in [-0.3, -0.25) is 4.79 Å². The molecule has 0 aromatic carbocycles. The summed E-state index contributed by atoms with van der Waals surface area (Å²) >= 11 is 0. The van der Waals surface area contributed by atoms with Gasteiger partial charge in [-0.15, -0.1) is 0 Å². The predicted octanol–water partition coefficient (Wildman–Crippen LogP) is 2.49. The molecular weight excluding hydrogens is 363 g/mol. The molecule has 1 atom stereocenters. The maximum Gasteiger partial charge on any atom is 0.396 e. The van der Waals surface area contributed by atoms with Gasteiger partial charge in [0.25, 0.3) is 5.91 Å². The zero-order chi connectivity index (χ0) is 19.6. The summed E-state index contributed by atoms with van der Waals surface area (Å²) in [6, 6.07) is 3.02. The van der Waals surface area contributed by atoms with E-state index >= 15 is 0 Å².